The van der Waals surface area contributed by atoms with Gasteiger partial charge in [0, 0.05) is 17.7 Å². The number of hydrogen-bond donors (Lipinski definition) is 1. The first-order valence-corrected chi connectivity index (χ1v) is 9.55. The molecule has 0 amide bonds. The summed E-state index contributed by atoms with van der Waals surface area (Å²) in [4.78, 5) is 0.0573. The normalized spacial score (nSPS) is 11.5. The van der Waals surface area contributed by atoms with Crippen molar-refractivity contribution in [3.8, 4) is 17.1 Å². The van der Waals surface area contributed by atoms with Crippen LogP contribution >= 0.6 is 0 Å². The molecule has 0 spiro atoms. The third-order valence-electron chi connectivity index (χ3n) is 4.18. The van der Waals surface area contributed by atoms with Crippen LogP contribution in [0.15, 0.2) is 57.9 Å². The fourth-order valence-electron chi connectivity index (χ4n) is 2.56. The van der Waals surface area contributed by atoms with Crippen LogP contribution in [-0.2, 0) is 16.6 Å². The first-order chi connectivity index (χ1) is 12.4. The van der Waals surface area contributed by atoms with E-state index < -0.39 is 10.0 Å². The van der Waals surface area contributed by atoms with Crippen LogP contribution in [0.3, 0.4) is 0 Å². The number of methoxy groups -OCH3 is 1. The molecular formula is C19H20N2O4S. The highest BCUT2D eigenvalue weighted by Crippen LogP contribution is 2.32. The average Bonchev–Trinajstić information content (AvgIpc) is 2.99. The second kappa shape index (κ2) is 7.31. The quantitative estimate of drug-likeness (QED) is 0.717. The van der Waals surface area contributed by atoms with Gasteiger partial charge in [-0.1, -0.05) is 35.5 Å². The molecule has 0 saturated heterocycles. The van der Waals surface area contributed by atoms with E-state index >= 15 is 0 Å². The van der Waals surface area contributed by atoms with Crippen LogP contribution in [0.1, 0.15) is 16.8 Å². The number of aryl methyl sites for hydroxylation is 1. The molecule has 0 aliphatic heterocycles. The third-order valence-corrected chi connectivity index (χ3v) is 5.60. The van der Waals surface area contributed by atoms with Crippen LogP contribution in [0.4, 0.5) is 0 Å². The minimum Gasteiger partial charge on any atom is -0.495 e. The van der Waals surface area contributed by atoms with E-state index in [1.807, 2.05) is 44.2 Å². The monoisotopic (exact) mass is 372 g/mol. The van der Waals surface area contributed by atoms with E-state index in [4.69, 9.17) is 9.26 Å². The fraction of sp³-hybridized carbons (Fsp3) is 0.211. The summed E-state index contributed by atoms with van der Waals surface area (Å²) in [6.07, 6.45) is 0. The van der Waals surface area contributed by atoms with Crippen LogP contribution in [0.25, 0.3) is 11.3 Å². The number of sulfonamides is 1. The highest BCUT2D eigenvalue weighted by atomic mass is 32.2. The van der Waals surface area contributed by atoms with Gasteiger partial charge in [-0.25, -0.2) is 13.1 Å². The highest BCUT2D eigenvalue weighted by molar-refractivity contribution is 7.89. The number of benzene rings is 2. The van der Waals surface area contributed by atoms with Crippen LogP contribution < -0.4 is 9.46 Å². The van der Waals surface area contributed by atoms with E-state index in [1.165, 1.54) is 7.11 Å². The Morgan fingerprint density at radius 2 is 1.85 bits per heavy atom. The van der Waals surface area contributed by atoms with Gasteiger partial charge in [0.25, 0.3) is 0 Å². The Hall–Kier alpha value is -2.64. The van der Waals surface area contributed by atoms with Crippen molar-refractivity contribution in [2.45, 2.75) is 25.3 Å². The lowest BCUT2D eigenvalue weighted by atomic mass is 10.1. The largest absolute Gasteiger partial charge is 0.495 e. The number of ether oxygens (including phenoxy) is 1. The van der Waals surface area contributed by atoms with Crippen molar-refractivity contribution in [3.05, 3.63) is 65.4 Å². The van der Waals surface area contributed by atoms with Crippen LogP contribution in [0, 0.1) is 13.8 Å². The summed E-state index contributed by atoms with van der Waals surface area (Å²) in [6, 6.07) is 14.2. The Balaban J connectivity index is 1.96. The van der Waals surface area contributed by atoms with Gasteiger partial charge in [-0.2, -0.15) is 0 Å². The smallest absolute Gasteiger partial charge is 0.244 e. The molecule has 0 aliphatic carbocycles. The molecule has 1 N–H and O–H groups in total. The van der Waals surface area contributed by atoms with E-state index in [1.54, 1.807) is 18.2 Å². The maximum Gasteiger partial charge on any atom is 0.244 e. The van der Waals surface area contributed by atoms with Gasteiger partial charge in [0.2, 0.25) is 10.0 Å². The standard InChI is InChI=1S/C19H20N2O4S/c1-13-14(2)21-25-19(13)16-9-10-17(24-3)18(11-16)26(22,23)20-12-15-7-5-4-6-8-15/h4-11,20H,12H2,1-3H3. The number of nitrogens with one attached hydrogen (secondary N) is 1. The minimum absolute atomic E-state index is 0.0573. The first kappa shape index (κ1) is 18.2. The molecule has 136 valence electrons. The van der Waals surface area contributed by atoms with Crippen molar-refractivity contribution in [1.82, 2.24) is 9.88 Å². The Morgan fingerprint density at radius 3 is 2.46 bits per heavy atom. The molecule has 0 bridgehead atoms. The lowest BCUT2D eigenvalue weighted by molar-refractivity contribution is 0.402. The van der Waals surface area contributed by atoms with E-state index in [0.717, 1.165) is 16.8 Å². The molecule has 3 rings (SSSR count). The van der Waals surface area contributed by atoms with Gasteiger partial charge < -0.3 is 9.26 Å². The molecule has 0 saturated carbocycles. The summed E-state index contributed by atoms with van der Waals surface area (Å²) in [5.41, 5.74) is 3.13. The van der Waals surface area contributed by atoms with Crippen LogP contribution in [0.2, 0.25) is 0 Å². The van der Waals surface area contributed by atoms with Gasteiger partial charge in [-0.05, 0) is 37.6 Å². The molecule has 6 nitrogen and oxygen atoms in total. The van der Waals surface area contributed by atoms with Crippen LogP contribution in [-0.4, -0.2) is 20.7 Å². The van der Waals surface area contributed by atoms with Gasteiger partial charge in [0.05, 0.1) is 12.8 Å². The molecule has 1 aromatic heterocycles. The molecule has 0 unspecified atom stereocenters. The Labute approximate surface area is 152 Å². The minimum atomic E-state index is -3.77. The molecule has 2 aromatic carbocycles. The molecule has 0 aliphatic rings. The van der Waals surface area contributed by atoms with Crippen molar-refractivity contribution in [1.29, 1.82) is 0 Å². The zero-order chi connectivity index (χ0) is 18.7. The zero-order valence-corrected chi connectivity index (χ0v) is 15.6. The van der Waals surface area contributed by atoms with Gasteiger partial charge in [0.15, 0.2) is 5.76 Å². The second-order valence-corrected chi connectivity index (χ2v) is 7.63. The molecule has 0 radical (unpaired) electrons. The number of nitrogens with zero attached hydrogens (tertiary/aromatic N) is 1. The maximum absolute atomic E-state index is 12.8. The lowest BCUT2D eigenvalue weighted by Crippen LogP contribution is -2.23. The van der Waals surface area contributed by atoms with Gasteiger partial charge in [0.1, 0.15) is 10.6 Å². The maximum atomic E-state index is 12.8. The molecule has 7 heteroatoms. The predicted molar refractivity (Wildman–Crippen MR) is 98.4 cm³/mol. The average molecular weight is 372 g/mol. The van der Waals surface area contributed by atoms with Crippen molar-refractivity contribution < 1.29 is 17.7 Å². The molecular weight excluding hydrogens is 352 g/mol. The lowest BCUT2D eigenvalue weighted by Gasteiger charge is -2.12. The van der Waals surface area contributed by atoms with Gasteiger partial charge >= 0.3 is 0 Å². The molecule has 0 atom stereocenters. The van der Waals surface area contributed by atoms with E-state index in [2.05, 4.69) is 9.88 Å². The molecule has 3 aromatic rings. The summed E-state index contributed by atoms with van der Waals surface area (Å²) in [5, 5.41) is 3.93. The SMILES string of the molecule is COc1ccc(-c2onc(C)c2C)cc1S(=O)(=O)NCc1ccccc1. The Morgan fingerprint density at radius 1 is 1.12 bits per heavy atom. The number of hydrogen-bond acceptors (Lipinski definition) is 5. The van der Waals surface area contributed by atoms with Gasteiger partial charge in [-0.3, -0.25) is 0 Å². The number of aromatic nitrogens is 1. The summed E-state index contributed by atoms with van der Waals surface area (Å²) in [7, 11) is -2.34. The predicted octanol–water partition coefficient (Wildman–Crippen LogP) is 3.45. The van der Waals surface area contributed by atoms with Crippen LogP contribution in [0.5, 0.6) is 5.75 Å². The topological polar surface area (TPSA) is 81.4 Å². The zero-order valence-electron chi connectivity index (χ0n) is 14.8. The molecule has 1 heterocycles. The third kappa shape index (κ3) is 3.63. The van der Waals surface area contributed by atoms with E-state index in [-0.39, 0.29) is 17.2 Å². The highest BCUT2D eigenvalue weighted by Gasteiger charge is 2.22. The van der Waals surface area contributed by atoms with Crippen molar-refractivity contribution in [3.63, 3.8) is 0 Å². The fourth-order valence-corrected chi connectivity index (χ4v) is 3.77. The summed E-state index contributed by atoms with van der Waals surface area (Å²) in [5.74, 6) is 0.813. The molecule has 0 fully saturated rings. The van der Waals surface area contributed by atoms with E-state index in [0.29, 0.717) is 11.3 Å². The van der Waals surface area contributed by atoms with Crippen molar-refractivity contribution >= 4 is 10.0 Å². The summed E-state index contributed by atoms with van der Waals surface area (Å²) >= 11 is 0. The number of rotatable bonds is 6. The second-order valence-electron chi connectivity index (χ2n) is 5.90. The molecule has 26 heavy (non-hydrogen) atoms. The van der Waals surface area contributed by atoms with Crippen molar-refractivity contribution in [2.24, 2.45) is 0 Å². The van der Waals surface area contributed by atoms with Gasteiger partial charge in [-0.15, -0.1) is 0 Å². The van der Waals surface area contributed by atoms with E-state index in [9.17, 15) is 8.42 Å². The summed E-state index contributed by atoms with van der Waals surface area (Å²) < 4.78 is 38.8. The van der Waals surface area contributed by atoms with Crippen molar-refractivity contribution in [2.75, 3.05) is 7.11 Å². The Kier molecular flexibility index (Phi) is 5.11. The summed E-state index contributed by atoms with van der Waals surface area (Å²) in [6.45, 7) is 3.91. The first-order valence-electron chi connectivity index (χ1n) is 8.07. The Bertz CT molecular complexity index is 1010.